The number of aryl methyl sites for hydroxylation is 1. The quantitative estimate of drug-likeness (QED) is 0.335. The van der Waals surface area contributed by atoms with Gasteiger partial charge in [-0.2, -0.15) is 0 Å². The van der Waals surface area contributed by atoms with Crippen LogP contribution in [0, 0.1) is 0 Å². The molecule has 18 heavy (non-hydrogen) atoms. The number of aliphatic carboxylic acids is 1. The molecule has 1 aromatic carbocycles. The lowest BCUT2D eigenvalue weighted by molar-refractivity contribution is -0.139. The van der Waals surface area contributed by atoms with E-state index in [-0.39, 0.29) is 6.54 Å². The van der Waals surface area contributed by atoms with Gasteiger partial charge in [0.05, 0.1) is 0 Å². The van der Waals surface area contributed by atoms with Gasteiger partial charge in [0.2, 0.25) is 0 Å². The van der Waals surface area contributed by atoms with Crippen LogP contribution in [0.4, 0.5) is 0 Å². The second kappa shape index (κ2) is 7.32. The number of carboxylic acids is 1. The van der Waals surface area contributed by atoms with Crippen LogP contribution in [0.1, 0.15) is 24.1 Å². The van der Waals surface area contributed by atoms with Gasteiger partial charge in [0.15, 0.2) is 0 Å². The molecular weight excluding hydrogens is 232 g/mol. The summed E-state index contributed by atoms with van der Waals surface area (Å²) in [5.74, 6) is -0.944. The van der Waals surface area contributed by atoms with Gasteiger partial charge in [-0.05, 0) is 23.1 Å². The Morgan fingerprint density at radius 2 is 2.17 bits per heavy atom. The first kappa shape index (κ1) is 14.0. The van der Waals surface area contributed by atoms with E-state index < -0.39 is 12.0 Å². The van der Waals surface area contributed by atoms with Crippen molar-refractivity contribution in [3.05, 3.63) is 45.8 Å². The molecule has 0 aliphatic rings. The van der Waals surface area contributed by atoms with Gasteiger partial charge >= 0.3 is 5.97 Å². The Labute approximate surface area is 105 Å². The average molecular weight is 248 g/mol. The van der Waals surface area contributed by atoms with Crippen molar-refractivity contribution in [1.82, 2.24) is 5.32 Å². The summed E-state index contributed by atoms with van der Waals surface area (Å²) < 4.78 is 0. The topological polar surface area (TPSA) is 98.1 Å². The van der Waals surface area contributed by atoms with Crippen molar-refractivity contribution in [2.75, 3.05) is 13.1 Å². The molecule has 0 saturated heterocycles. The van der Waals surface area contributed by atoms with Crippen LogP contribution in [0.25, 0.3) is 10.4 Å². The van der Waals surface area contributed by atoms with E-state index in [1.54, 1.807) is 12.1 Å². The first-order chi connectivity index (χ1) is 8.69. The number of hydrogen-bond acceptors (Lipinski definition) is 3. The molecule has 1 aromatic rings. The molecule has 0 spiro atoms. The minimum atomic E-state index is -0.944. The van der Waals surface area contributed by atoms with Crippen LogP contribution in [0.5, 0.6) is 0 Å². The maximum absolute atomic E-state index is 11.2. The molecule has 0 aliphatic heterocycles. The zero-order valence-corrected chi connectivity index (χ0v) is 10.2. The summed E-state index contributed by atoms with van der Waals surface area (Å²) in [4.78, 5) is 13.8. The second-order valence-electron chi connectivity index (χ2n) is 3.77. The highest BCUT2D eigenvalue weighted by molar-refractivity contribution is 5.75. The molecule has 96 valence electrons. The van der Waals surface area contributed by atoms with E-state index in [1.165, 1.54) is 0 Å². The maximum atomic E-state index is 11.2. The molecule has 0 fully saturated rings. The van der Waals surface area contributed by atoms with E-state index in [9.17, 15) is 4.79 Å². The monoisotopic (exact) mass is 248 g/mol. The van der Waals surface area contributed by atoms with Crippen molar-refractivity contribution < 1.29 is 9.90 Å². The number of nitrogens with one attached hydrogen (secondary N) is 1. The minimum absolute atomic E-state index is 0.229. The van der Waals surface area contributed by atoms with E-state index >= 15 is 0 Å². The lowest BCUT2D eigenvalue weighted by Crippen LogP contribution is -2.30. The first-order valence-corrected chi connectivity index (χ1v) is 5.75. The summed E-state index contributed by atoms with van der Waals surface area (Å²) in [6.07, 6.45) is 0.919. The van der Waals surface area contributed by atoms with Gasteiger partial charge in [0.25, 0.3) is 0 Å². The van der Waals surface area contributed by atoms with Crippen LogP contribution in [0.15, 0.2) is 29.4 Å². The van der Waals surface area contributed by atoms with Gasteiger partial charge in [-0.25, -0.2) is 0 Å². The highest BCUT2D eigenvalue weighted by atomic mass is 16.4. The van der Waals surface area contributed by atoms with Crippen LogP contribution in [0.2, 0.25) is 0 Å². The van der Waals surface area contributed by atoms with Crippen molar-refractivity contribution >= 4 is 5.97 Å². The molecule has 0 bridgehead atoms. The van der Waals surface area contributed by atoms with Crippen LogP contribution in [-0.2, 0) is 11.2 Å². The number of azide groups is 1. The molecule has 1 atom stereocenters. The van der Waals surface area contributed by atoms with Gasteiger partial charge in [0.1, 0.15) is 6.04 Å². The third-order valence-electron chi connectivity index (χ3n) is 2.59. The van der Waals surface area contributed by atoms with E-state index in [0.717, 1.165) is 12.0 Å². The predicted molar refractivity (Wildman–Crippen MR) is 68.2 cm³/mol. The molecule has 0 saturated carbocycles. The lowest BCUT2D eigenvalue weighted by atomic mass is 10.0. The van der Waals surface area contributed by atoms with Crippen molar-refractivity contribution in [3.63, 3.8) is 0 Å². The largest absolute Gasteiger partial charge is 0.480 e. The van der Waals surface area contributed by atoms with E-state index in [0.29, 0.717) is 12.1 Å². The maximum Gasteiger partial charge on any atom is 0.325 e. The standard InChI is InChI=1S/C12H16N4O2/c1-2-9-3-5-10(6-4-9)11(12(17)18)14-7-8-15-16-13/h3-6,11,14H,2,7-8H2,1H3,(H,17,18). The van der Waals surface area contributed by atoms with Crippen LogP contribution < -0.4 is 5.32 Å². The summed E-state index contributed by atoms with van der Waals surface area (Å²) in [5.41, 5.74) is 9.99. The number of hydrogen-bond donors (Lipinski definition) is 2. The van der Waals surface area contributed by atoms with E-state index in [1.807, 2.05) is 19.1 Å². The zero-order chi connectivity index (χ0) is 13.4. The van der Waals surface area contributed by atoms with Gasteiger partial charge in [0, 0.05) is 18.0 Å². The Morgan fingerprint density at radius 1 is 1.50 bits per heavy atom. The smallest absolute Gasteiger partial charge is 0.325 e. The summed E-state index contributed by atoms with van der Waals surface area (Å²) in [6, 6.07) is 6.67. The normalized spacial score (nSPS) is 11.6. The molecule has 6 nitrogen and oxygen atoms in total. The fourth-order valence-corrected chi connectivity index (χ4v) is 1.60. The summed E-state index contributed by atoms with van der Waals surface area (Å²) in [5, 5.41) is 15.3. The molecule has 0 aliphatic carbocycles. The fourth-order valence-electron chi connectivity index (χ4n) is 1.60. The highest BCUT2D eigenvalue weighted by Gasteiger charge is 2.18. The minimum Gasteiger partial charge on any atom is -0.480 e. The first-order valence-electron chi connectivity index (χ1n) is 5.75. The predicted octanol–water partition coefficient (Wildman–Crippen LogP) is 2.27. The molecule has 2 N–H and O–H groups in total. The second-order valence-corrected chi connectivity index (χ2v) is 3.77. The Bertz CT molecular complexity index is 438. The summed E-state index contributed by atoms with van der Waals surface area (Å²) in [6.45, 7) is 2.60. The Balaban J connectivity index is 2.70. The van der Waals surface area contributed by atoms with Gasteiger partial charge in [-0.1, -0.05) is 36.3 Å². The van der Waals surface area contributed by atoms with Crippen LogP contribution >= 0.6 is 0 Å². The number of carbonyl (C=O) groups is 1. The summed E-state index contributed by atoms with van der Waals surface area (Å²) >= 11 is 0. The van der Waals surface area contributed by atoms with Crippen LogP contribution in [-0.4, -0.2) is 24.2 Å². The number of benzene rings is 1. The van der Waals surface area contributed by atoms with E-state index in [4.69, 9.17) is 10.6 Å². The zero-order valence-electron chi connectivity index (χ0n) is 10.2. The Kier molecular flexibility index (Phi) is 5.70. The van der Waals surface area contributed by atoms with Crippen molar-refractivity contribution in [3.8, 4) is 0 Å². The van der Waals surface area contributed by atoms with Gasteiger partial charge in [-0.3, -0.25) is 4.79 Å². The lowest BCUT2D eigenvalue weighted by Gasteiger charge is -2.14. The Morgan fingerprint density at radius 3 is 2.67 bits per heavy atom. The molecule has 0 heterocycles. The molecule has 0 radical (unpaired) electrons. The van der Waals surface area contributed by atoms with Crippen molar-refractivity contribution in [1.29, 1.82) is 0 Å². The SMILES string of the molecule is CCc1ccc(C(NCCN=[N+]=[N-])C(=O)O)cc1. The average Bonchev–Trinajstić information content (AvgIpc) is 2.39. The number of rotatable bonds is 7. The molecule has 1 unspecified atom stereocenters. The van der Waals surface area contributed by atoms with Crippen molar-refractivity contribution in [2.45, 2.75) is 19.4 Å². The number of nitrogens with zero attached hydrogens (tertiary/aromatic N) is 3. The van der Waals surface area contributed by atoms with Crippen molar-refractivity contribution in [2.24, 2.45) is 5.11 Å². The Hall–Kier alpha value is -2.04. The summed E-state index contributed by atoms with van der Waals surface area (Å²) in [7, 11) is 0. The molecule has 0 amide bonds. The van der Waals surface area contributed by atoms with Gasteiger partial charge in [-0.15, -0.1) is 0 Å². The third-order valence-corrected chi connectivity index (χ3v) is 2.59. The molecule has 6 heteroatoms. The van der Waals surface area contributed by atoms with Gasteiger partial charge < -0.3 is 10.4 Å². The third kappa shape index (κ3) is 4.08. The number of carboxylic acid groups (broad SMARTS) is 1. The molecule has 0 aromatic heterocycles. The molecule has 1 rings (SSSR count). The van der Waals surface area contributed by atoms with E-state index in [2.05, 4.69) is 15.3 Å². The van der Waals surface area contributed by atoms with Crippen LogP contribution in [0.3, 0.4) is 0 Å². The highest BCUT2D eigenvalue weighted by Crippen LogP contribution is 2.14. The fraction of sp³-hybridized carbons (Fsp3) is 0.417. The molecular formula is C12H16N4O2.